The minimum atomic E-state index is -5.15. The van der Waals surface area contributed by atoms with Gasteiger partial charge >= 0.3 is 0 Å². The zero-order valence-electron chi connectivity index (χ0n) is 32.6. The highest BCUT2D eigenvalue weighted by atomic mass is 32.2. The molecule has 29 heteroatoms. The lowest BCUT2D eigenvalue weighted by Gasteiger charge is -2.11. The second-order valence-electron chi connectivity index (χ2n) is 13.5. The molecule has 0 aliphatic carbocycles. The number of azo groups is 3. The molecule has 24 nitrogen and oxygen atoms in total. The molecule has 65 heavy (non-hydrogen) atoms. The maximum Gasteiger partial charge on any atom is 0.297 e. The van der Waals surface area contributed by atoms with Gasteiger partial charge in [-0.2, -0.15) is 43.5 Å². The third-order valence-corrected chi connectivity index (χ3v) is 13.2. The second kappa shape index (κ2) is 17.7. The summed E-state index contributed by atoms with van der Waals surface area (Å²) in [6, 6.07) is 16.8. The quantitative estimate of drug-likeness (QED) is 0.0322. The summed E-state index contributed by atoms with van der Waals surface area (Å²) in [4.78, 5) is 1.60. The number of para-hydroxylation sites is 1. The van der Waals surface area contributed by atoms with Crippen LogP contribution in [0, 0.1) is 6.92 Å². The molecule has 5 aromatic carbocycles. The van der Waals surface area contributed by atoms with E-state index in [4.69, 9.17) is 9.29 Å². The van der Waals surface area contributed by atoms with Crippen LogP contribution >= 0.6 is 11.3 Å². The number of hydrogen-bond donors (Lipinski definition) is 6. The molecule has 0 unspecified atom stereocenters. The van der Waals surface area contributed by atoms with Crippen LogP contribution in [0.1, 0.15) is 12.0 Å². The molecule has 0 aliphatic heterocycles. The van der Waals surface area contributed by atoms with Gasteiger partial charge in [0, 0.05) is 16.8 Å². The molecule has 7 aromatic rings. The summed E-state index contributed by atoms with van der Waals surface area (Å²) in [5.74, 6) is -2.05. The molecule has 6 N–H and O–H groups in total. The zero-order chi connectivity index (χ0) is 47.1. The van der Waals surface area contributed by atoms with Gasteiger partial charge in [0.15, 0.2) is 11.4 Å². The van der Waals surface area contributed by atoms with Crippen LogP contribution < -0.4 is 4.74 Å². The van der Waals surface area contributed by atoms with E-state index in [0.717, 1.165) is 28.5 Å². The van der Waals surface area contributed by atoms with E-state index in [1.54, 1.807) is 6.92 Å². The van der Waals surface area contributed by atoms with E-state index in [-0.39, 0.29) is 40.9 Å². The first-order valence-electron chi connectivity index (χ1n) is 17.9. The second-order valence-corrected chi connectivity index (χ2v) is 20.2. The van der Waals surface area contributed by atoms with Crippen molar-refractivity contribution in [2.24, 2.45) is 30.7 Å². The van der Waals surface area contributed by atoms with Crippen LogP contribution in [0.2, 0.25) is 0 Å². The first-order valence-corrected chi connectivity index (χ1v) is 24.7. The smallest absolute Gasteiger partial charge is 0.297 e. The number of aryl methyl sites for hydroxylation is 1. The van der Waals surface area contributed by atoms with Gasteiger partial charge in [0.1, 0.15) is 27.7 Å². The van der Waals surface area contributed by atoms with Crippen molar-refractivity contribution in [3.8, 4) is 23.1 Å². The third kappa shape index (κ3) is 10.6. The predicted molar refractivity (Wildman–Crippen MR) is 230 cm³/mol. The van der Waals surface area contributed by atoms with E-state index in [1.807, 2.05) is 24.3 Å². The molecule has 0 spiro atoms. The average molecular weight is 988 g/mol. The topological polar surface area (TPSA) is 372 Å². The van der Waals surface area contributed by atoms with Gasteiger partial charge in [-0.1, -0.05) is 29.5 Å². The minimum absolute atomic E-state index is 0.0583. The summed E-state index contributed by atoms with van der Waals surface area (Å²) in [6.07, 6.45) is 0.747. The number of thiazole rings is 1. The number of fused-ring (bicyclic) bond motifs is 2. The highest BCUT2D eigenvalue weighted by Crippen LogP contribution is 2.44. The lowest BCUT2D eigenvalue weighted by atomic mass is 10.1. The van der Waals surface area contributed by atoms with Gasteiger partial charge in [-0.25, -0.2) is 4.98 Å². The minimum Gasteiger partial charge on any atom is -0.505 e. The average Bonchev–Trinajstić information content (AvgIpc) is 3.82. The Morgan fingerprint density at radius 2 is 1.28 bits per heavy atom. The van der Waals surface area contributed by atoms with Crippen LogP contribution in [0.15, 0.2) is 130 Å². The summed E-state index contributed by atoms with van der Waals surface area (Å²) in [6.45, 7) is 1.50. The van der Waals surface area contributed by atoms with Crippen LogP contribution in [-0.4, -0.2) is 89.2 Å². The van der Waals surface area contributed by atoms with Crippen molar-refractivity contribution in [2.45, 2.75) is 28.0 Å². The lowest BCUT2D eigenvalue weighted by molar-refractivity contribution is 0.317. The van der Waals surface area contributed by atoms with E-state index >= 15 is 0 Å². The van der Waals surface area contributed by atoms with Crippen molar-refractivity contribution in [3.05, 3.63) is 90.6 Å². The molecule has 338 valence electrons. The van der Waals surface area contributed by atoms with Gasteiger partial charge in [-0.05, 0) is 73.5 Å². The molecule has 7 rings (SSSR count). The first-order chi connectivity index (χ1) is 30.5. The predicted octanol–water partition coefficient (Wildman–Crippen LogP) is 8.00. The van der Waals surface area contributed by atoms with Crippen LogP contribution in [-0.2, 0) is 40.5 Å². The number of benzene rings is 5. The number of ether oxygens (including phenoxy) is 1. The third-order valence-electron chi connectivity index (χ3n) is 8.91. The number of nitrogens with zero attached hydrogens (tertiary/aromatic N) is 9. The highest BCUT2D eigenvalue weighted by molar-refractivity contribution is 7.87. The maximum atomic E-state index is 12.7. The first kappa shape index (κ1) is 46.3. The maximum absolute atomic E-state index is 12.7. The van der Waals surface area contributed by atoms with Gasteiger partial charge in [0.25, 0.3) is 40.5 Å². The molecule has 0 radical (unpaired) electrons. The van der Waals surface area contributed by atoms with Crippen molar-refractivity contribution >= 4 is 106 Å². The molecular formula is C36H29N9O15S5. The highest BCUT2D eigenvalue weighted by Gasteiger charge is 2.24. The van der Waals surface area contributed by atoms with Crippen LogP contribution in [0.3, 0.4) is 0 Å². The Balaban J connectivity index is 1.21. The van der Waals surface area contributed by atoms with Gasteiger partial charge in [-0.3, -0.25) is 18.2 Å². The van der Waals surface area contributed by atoms with Crippen molar-refractivity contribution in [1.29, 1.82) is 0 Å². The summed E-state index contributed by atoms with van der Waals surface area (Å²) >= 11 is 1.31. The molecule has 0 fully saturated rings. The van der Waals surface area contributed by atoms with Gasteiger partial charge in [0.05, 0.1) is 49.9 Å². The van der Waals surface area contributed by atoms with E-state index in [1.165, 1.54) is 35.6 Å². The van der Waals surface area contributed by atoms with Crippen molar-refractivity contribution in [1.82, 2.24) is 14.8 Å². The Kier molecular flexibility index (Phi) is 12.6. The SMILES string of the molecule is Cc1cc(N=Nc2ccc3c(S(=O)(=O)O)c(N=Nc4cnn(-c5cc(S(=O)(=O)O)cc(S(=O)(=O)O)c5)c4O)ccc3c2O)c(OCCCS(=O)(=O)O)cc1N=Nc1nc2ccccc2s1. The van der Waals surface area contributed by atoms with E-state index < -0.39 is 89.6 Å². The van der Waals surface area contributed by atoms with E-state index in [2.05, 4.69) is 40.8 Å². The molecule has 0 amide bonds. The van der Waals surface area contributed by atoms with Gasteiger partial charge in [0.2, 0.25) is 11.0 Å². The standard InChI is InChI=1S/C36H29N9O15S5/c1-19-13-29(31(60-11-4-12-62(48,49)50)17-28(19)41-44-36-38-25-5-2-3-6-32(25)61-36)42-39-26-9-8-24-23(33(26)46)7-10-27(34(24)65(57,58)59)40-43-30-18-37-45(35(30)47)20-14-21(63(51,52)53)16-22(15-20)64(54,55)56/h2-3,5-10,13-18,46-47H,4,11-12H2,1H3,(H,48,49,50)(H,51,52,53)(H,54,55,56)(H,57,58,59). The number of hydrogen-bond acceptors (Lipinski definition) is 20. The van der Waals surface area contributed by atoms with Gasteiger partial charge < -0.3 is 14.9 Å². The number of aromatic nitrogens is 3. The molecule has 2 heterocycles. The fraction of sp³-hybridized carbons (Fsp3) is 0.111. The Morgan fingerprint density at radius 3 is 1.94 bits per heavy atom. The summed E-state index contributed by atoms with van der Waals surface area (Å²) < 4.78 is 141. The lowest BCUT2D eigenvalue weighted by Crippen LogP contribution is -2.08. The van der Waals surface area contributed by atoms with Crippen molar-refractivity contribution in [2.75, 3.05) is 12.4 Å². The van der Waals surface area contributed by atoms with E-state index in [0.29, 0.717) is 39.3 Å². The molecule has 0 aliphatic rings. The number of phenols is 1. The summed E-state index contributed by atoms with van der Waals surface area (Å²) in [5, 5.41) is 50.3. The van der Waals surface area contributed by atoms with E-state index in [9.17, 15) is 57.5 Å². The van der Waals surface area contributed by atoms with Crippen LogP contribution in [0.5, 0.6) is 17.4 Å². The fourth-order valence-corrected chi connectivity index (χ4v) is 9.21. The monoisotopic (exact) mass is 987 g/mol. The van der Waals surface area contributed by atoms with Crippen LogP contribution in [0.25, 0.3) is 26.7 Å². The molecule has 0 bridgehead atoms. The zero-order valence-corrected chi connectivity index (χ0v) is 36.7. The number of aromatic hydroxyl groups is 2. The summed E-state index contributed by atoms with van der Waals surface area (Å²) in [5.41, 5.74) is -0.0296. The normalized spacial score (nSPS) is 13.0. The molecule has 0 saturated heterocycles. The fourth-order valence-electron chi connectivity index (χ4n) is 5.94. The Labute approximate surface area is 371 Å². The number of rotatable bonds is 15. The molecule has 0 saturated carbocycles. The molecule has 0 atom stereocenters. The Morgan fingerprint density at radius 1 is 0.662 bits per heavy atom. The van der Waals surface area contributed by atoms with Crippen molar-refractivity contribution < 1.29 is 66.8 Å². The Bertz CT molecular complexity index is 3530. The van der Waals surface area contributed by atoms with Gasteiger partial charge in [-0.15, -0.1) is 30.7 Å². The molecular weight excluding hydrogens is 959 g/mol. The largest absolute Gasteiger partial charge is 0.505 e. The van der Waals surface area contributed by atoms with Crippen molar-refractivity contribution in [3.63, 3.8) is 0 Å². The Hall–Kier alpha value is -6.70. The number of phenolic OH excluding ortho intramolecular Hbond substituents is 1. The molecule has 2 aromatic heterocycles. The summed E-state index contributed by atoms with van der Waals surface area (Å²) in [7, 11) is -19.5. The van der Waals surface area contributed by atoms with Crippen LogP contribution in [0.4, 0.5) is 33.6 Å².